The smallest absolute Gasteiger partial charge is 0.0569 e. The van der Waals surface area contributed by atoms with Crippen LogP contribution in [0.4, 0.5) is 0 Å². The minimum absolute atomic E-state index is 0.0375. The van der Waals surface area contributed by atoms with Crippen LogP contribution in [-0.2, 0) is 4.74 Å². The van der Waals surface area contributed by atoms with Gasteiger partial charge >= 0.3 is 0 Å². The number of hydrogen-bond donors (Lipinski definition) is 1. The molecule has 0 aromatic rings. The van der Waals surface area contributed by atoms with Crippen molar-refractivity contribution in [1.82, 2.24) is 0 Å². The molecule has 13 heavy (non-hydrogen) atoms. The number of aliphatic hydroxyl groups excluding tert-OH is 1. The van der Waals surface area contributed by atoms with Gasteiger partial charge in [-0.2, -0.15) is 0 Å². The molecule has 2 saturated carbocycles. The third-order valence-corrected chi connectivity index (χ3v) is 3.30. The van der Waals surface area contributed by atoms with Gasteiger partial charge in [0.1, 0.15) is 0 Å². The molecule has 0 bridgehead atoms. The maximum Gasteiger partial charge on any atom is 0.0569 e. The average molecular weight is 184 g/mol. The molecular formula is C11H20O2. The van der Waals surface area contributed by atoms with Crippen molar-refractivity contribution in [3.05, 3.63) is 0 Å². The lowest BCUT2D eigenvalue weighted by Crippen LogP contribution is -2.15. The van der Waals surface area contributed by atoms with E-state index in [1.54, 1.807) is 0 Å². The first-order chi connectivity index (χ1) is 6.36. The van der Waals surface area contributed by atoms with Crippen LogP contribution in [0.1, 0.15) is 38.5 Å². The van der Waals surface area contributed by atoms with E-state index in [9.17, 15) is 5.11 Å². The summed E-state index contributed by atoms with van der Waals surface area (Å²) in [6.07, 6.45) is 7.17. The van der Waals surface area contributed by atoms with Crippen LogP contribution in [0.5, 0.6) is 0 Å². The highest BCUT2D eigenvalue weighted by Crippen LogP contribution is 2.30. The monoisotopic (exact) mass is 184 g/mol. The second-order valence-electron chi connectivity index (χ2n) is 4.57. The fraction of sp³-hybridized carbons (Fsp3) is 1.00. The van der Waals surface area contributed by atoms with Crippen molar-refractivity contribution >= 4 is 0 Å². The van der Waals surface area contributed by atoms with Crippen molar-refractivity contribution in [2.45, 2.75) is 44.6 Å². The Morgan fingerprint density at radius 3 is 2.62 bits per heavy atom. The summed E-state index contributed by atoms with van der Waals surface area (Å²) in [5.74, 6) is 1.40. The molecule has 1 N–H and O–H groups in total. The Hall–Kier alpha value is -0.0800. The molecule has 2 heteroatoms. The van der Waals surface area contributed by atoms with Crippen LogP contribution < -0.4 is 0 Å². The van der Waals surface area contributed by atoms with Crippen LogP contribution >= 0.6 is 0 Å². The van der Waals surface area contributed by atoms with Crippen molar-refractivity contribution in [2.24, 2.45) is 11.8 Å². The molecule has 0 amide bonds. The second-order valence-corrected chi connectivity index (χ2v) is 4.57. The Kier molecular flexibility index (Phi) is 3.23. The summed E-state index contributed by atoms with van der Waals surface area (Å²) in [4.78, 5) is 0. The van der Waals surface area contributed by atoms with E-state index in [1.807, 2.05) is 0 Å². The maximum absolute atomic E-state index is 9.55. The highest BCUT2D eigenvalue weighted by atomic mass is 16.5. The summed E-state index contributed by atoms with van der Waals surface area (Å²) >= 11 is 0. The van der Waals surface area contributed by atoms with E-state index in [4.69, 9.17) is 4.74 Å². The fourth-order valence-electron chi connectivity index (χ4n) is 2.12. The van der Waals surface area contributed by atoms with Gasteiger partial charge in [-0.1, -0.05) is 6.42 Å². The van der Waals surface area contributed by atoms with Crippen molar-refractivity contribution in [2.75, 3.05) is 13.2 Å². The zero-order valence-electron chi connectivity index (χ0n) is 8.24. The quantitative estimate of drug-likeness (QED) is 0.662. The standard InChI is InChI=1S/C11H20O2/c12-11-3-1-2-10(11)6-7-13-8-9-4-5-9/h9-12H,1-8H2. The molecule has 0 aromatic carbocycles. The predicted octanol–water partition coefficient (Wildman–Crippen LogP) is 1.96. The number of rotatable bonds is 5. The van der Waals surface area contributed by atoms with Gasteiger partial charge in [0.25, 0.3) is 0 Å². The molecule has 2 atom stereocenters. The first kappa shape index (κ1) is 9.47. The molecule has 0 spiro atoms. The SMILES string of the molecule is OC1CCCC1CCOCC1CC1. The van der Waals surface area contributed by atoms with Crippen molar-refractivity contribution in [3.8, 4) is 0 Å². The third kappa shape index (κ3) is 2.96. The van der Waals surface area contributed by atoms with Crippen LogP contribution in [0.2, 0.25) is 0 Å². The van der Waals surface area contributed by atoms with Gasteiger partial charge in [0.2, 0.25) is 0 Å². The molecule has 0 heterocycles. The summed E-state index contributed by atoms with van der Waals surface area (Å²) in [6.45, 7) is 1.82. The number of aliphatic hydroxyl groups is 1. The van der Waals surface area contributed by atoms with Gasteiger partial charge < -0.3 is 9.84 Å². The fourth-order valence-corrected chi connectivity index (χ4v) is 2.12. The van der Waals surface area contributed by atoms with E-state index in [0.717, 1.165) is 32.0 Å². The van der Waals surface area contributed by atoms with Crippen LogP contribution in [0.25, 0.3) is 0 Å². The molecule has 2 rings (SSSR count). The van der Waals surface area contributed by atoms with Gasteiger partial charge in [-0.3, -0.25) is 0 Å². The zero-order chi connectivity index (χ0) is 9.10. The molecule has 0 radical (unpaired) electrons. The highest BCUT2D eigenvalue weighted by molar-refractivity contribution is 4.76. The highest BCUT2D eigenvalue weighted by Gasteiger charge is 2.25. The van der Waals surface area contributed by atoms with Crippen molar-refractivity contribution in [1.29, 1.82) is 0 Å². The molecule has 0 aliphatic heterocycles. The lowest BCUT2D eigenvalue weighted by molar-refractivity contribution is 0.0768. The lowest BCUT2D eigenvalue weighted by atomic mass is 10.0. The van der Waals surface area contributed by atoms with Gasteiger partial charge in [0, 0.05) is 13.2 Å². The third-order valence-electron chi connectivity index (χ3n) is 3.30. The van der Waals surface area contributed by atoms with Gasteiger partial charge in [-0.25, -0.2) is 0 Å². The molecule has 2 aliphatic carbocycles. The lowest BCUT2D eigenvalue weighted by Gasteiger charge is -2.13. The number of ether oxygens (including phenoxy) is 1. The molecule has 0 aromatic heterocycles. The Morgan fingerprint density at radius 1 is 1.15 bits per heavy atom. The van der Waals surface area contributed by atoms with Crippen LogP contribution in [-0.4, -0.2) is 24.4 Å². The van der Waals surface area contributed by atoms with Gasteiger partial charge in [0.05, 0.1) is 6.10 Å². The van der Waals surface area contributed by atoms with E-state index < -0.39 is 0 Å². The summed E-state index contributed by atoms with van der Waals surface area (Å²) in [5, 5.41) is 9.55. The summed E-state index contributed by atoms with van der Waals surface area (Å²) in [7, 11) is 0. The largest absolute Gasteiger partial charge is 0.393 e. The van der Waals surface area contributed by atoms with E-state index in [0.29, 0.717) is 5.92 Å². The molecule has 2 unspecified atom stereocenters. The summed E-state index contributed by atoms with van der Waals surface area (Å²) in [6, 6.07) is 0. The topological polar surface area (TPSA) is 29.5 Å². The van der Waals surface area contributed by atoms with Crippen molar-refractivity contribution < 1.29 is 9.84 Å². The van der Waals surface area contributed by atoms with Gasteiger partial charge in [-0.05, 0) is 43.9 Å². The van der Waals surface area contributed by atoms with Crippen molar-refractivity contribution in [3.63, 3.8) is 0 Å². The second kappa shape index (κ2) is 4.43. The molecule has 2 fully saturated rings. The normalized spacial score (nSPS) is 33.9. The summed E-state index contributed by atoms with van der Waals surface area (Å²) in [5.41, 5.74) is 0. The molecule has 2 aliphatic rings. The van der Waals surface area contributed by atoms with Crippen LogP contribution in [0.15, 0.2) is 0 Å². The van der Waals surface area contributed by atoms with Crippen LogP contribution in [0, 0.1) is 11.8 Å². The molecule has 76 valence electrons. The van der Waals surface area contributed by atoms with E-state index >= 15 is 0 Å². The predicted molar refractivity (Wildman–Crippen MR) is 51.5 cm³/mol. The van der Waals surface area contributed by atoms with Crippen LogP contribution in [0.3, 0.4) is 0 Å². The van der Waals surface area contributed by atoms with Gasteiger partial charge in [0.15, 0.2) is 0 Å². The Balaban J connectivity index is 1.51. The zero-order valence-corrected chi connectivity index (χ0v) is 8.24. The molecule has 2 nitrogen and oxygen atoms in total. The first-order valence-electron chi connectivity index (χ1n) is 5.62. The molecular weight excluding hydrogens is 164 g/mol. The maximum atomic E-state index is 9.55. The Bertz CT molecular complexity index is 154. The Labute approximate surface area is 80.3 Å². The minimum atomic E-state index is -0.0375. The summed E-state index contributed by atoms with van der Waals surface area (Å²) < 4.78 is 5.56. The van der Waals surface area contributed by atoms with E-state index in [2.05, 4.69) is 0 Å². The Morgan fingerprint density at radius 2 is 2.00 bits per heavy atom. The average Bonchev–Trinajstić information content (AvgIpc) is 2.86. The van der Waals surface area contributed by atoms with Gasteiger partial charge in [-0.15, -0.1) is 0 Å². The number of hydrogen-bond acceptors (Lipinski definition) is 2. The minimum Gasteiger partial charge on any atom is -0.393 e. The van der Waals surface area contributed by atoms with E-state index in [1.165, 1.54) is 25.7 Å². The first-order valence-corrected chi connectivity index (χ1v) is 5.62. The van der Waals surface area contributed by atoms with E-state index in [-0.39, 0.29) is 6.10 Å². The molecule has 0 saturated heterocycles.